The standard InChI is InChI=1S/C17H18O4/c1-12-3-8-15(17(18)19)16(11-12)21-10-9-13-4-6-14(20-2)7-5-13/h3-8,11H,9-10H2,1-2H3,(H,18,19). The predicted molar refractivity (Wildman–Crippen MR) is 80.3 cm³/mol. The number of hydrogen-bond acceptors (Lipinski definition) is 3. The van der Waals surface area contributed by atoms with Crippen LogP contribution in [0.3, 0.4) is 0 Å². The van der Waals surface area contributed by atoms with E-state index in [-0.39, 0.29) is 5.56 Å². The highest BCUT2D eigenvalue weighted by molar-refractivity contribution is 5.90. The predicted octanol–water partition coefficient (Wildman–Crippen LogP) is 3.32. The summed E-state index contributed by atoms with van der Waals surface area (Å²) in [6, 6.07) is 12.8. The Bertz CT molecular complexity index is 617. The fourth-order valence-corrected chi connectivity index (χ4v) is 2.00. The molecule has 0 aliphatic heterocycles. The van der Waals surface area contributed by atoms with Gasteiger partial charge in [-0.2, -0.15) is 0 Å². The molecule has 0 unspecified atom stereocenters. The molecular weight excluding hydrogens is 268 g/mol. The van der Waals surface area contributed by atoms with Crippen molar-refractivity contribution >= 4 is 5.97 Å². The lowest BCUT2D eigenvalue weighted by atomic mass is 10.1. The van der Waals surface area contributed by atoms with Gasteiger partial charge in [-0.15, -0.1) is 0 Å². The first kappa shape index (κ1) is 14.9. The smallest absolute Gasteiger partial charge is 0.339 e. The Labute approximate surface area is 123 Å². The largest absolute Gasteiger partial charge is 0.497 e. The van der Waals surface area contributed by atoms with Crippen molar-refractivity contribution in [2.75, 3.05) is 13.7 Å². The van der Waals surface area contributed by atoms with Crippen molar-refractivity contribution in [1.29, 1.82) is 0 Å². The lowest BCUT2D eigenvalue weighted by Gasteiger charge is -2.10. The number of rotatable bonds is 6. The van der Waals surface area contributed by atoms with E-state index in [1.807, 2.05) is 31.2 Å². The average molecular weight is 286 g/mol. The molecule has 0 atom stereocenters. The Morgan fingerprint density at radius 2 is 1.86 bits per heavy atom. The van der Waals surface area contributed by atoms with Crippen LogP contribution in [-0.4, -0.2) is 24.8 Å². The molecule has 21 heavy (non-hydrogen) atoms. The zero-order chi connectivity index (χ0) is 15.2. The number of ether oxygens (including phenoxy) is 2. The van der Waals surface area contributed by atoms with Gasteiger partial charge in [0, 0.05) is 6.42 Å². The van der Waals surface area contributed by atoms with Crippen LogP contribution < -0.4 is 9.47 Å². The van der Waals surface area contributed by atoms with Crippen LogP contribution in [0, 0.1) is 6.92 Å². The van der Waals surface area contributed by atoms with E-state index >= 15 is 0 Å². The molecule has 2 aromatic rings. The van der Waals surface area contributed by atoms with Crippen LogP contribution >= 0.6 is 0 Å². The van der Waals surface area contributed by atoms with Crippen molar-refractivity contribution in [3.8, 4) is 11.5 Å². The summed E-state index contributed by atoms with van der Waals surface area (Å²) < 4.78 is 10.7. The van der Waals surface area contributed by atoms with Crippen LogP contribution in [-0.2, 0) is 6.42 Å². The van der Waals surface area contributed by atoms with E-state index in [0.717, 1.165) is 16.9 Å². The average Bonchev–Trinajstić information content (AvgIpc) is 2.48. The molecule has 0 aromatic heterocycles. The van der Waals surface area contributed by atoms with Crippen LogP contribution in [0.2, 0.25) is 0 Å². The first-order valence-corrected chi connectivity index (χ1v) is 6.70. The second kappa shape index (κ2) is 6.79. The van der Waals surface area contributed by atoms with Gasteiger partial charge in [0.15, 0.2) is 0 Å². The molecule has 1 N–H and O–H groups in total. The zero-order valence-corrected chi connectivity index (χ0v) is 12.1. The number of hydrogen-bond donors (Lipinski definition) is 1. The molecule has 2 aromatic carbocycles. The van der Waals surface area contributed by atoms with Gasteiger partial charge in [0.2, 0.25) is 0 Å². The molecule has 4 nitrogen and oxygen atoms in total. The maximum atomic E-state index is 11.1. The fourth-order valence-electron chi connectivity index (χ4n) is 2.00. The number of methoxy groups -OCH3 is 1. The second-order valence-corrected chi connectivity index (χ2v) is 4.75. The number of carboxylic acids is 1. The molecule has 4 heteroatoms. The Hall–Kier alpha value is -2.49. The summed E-state index contributed by atoms with van der Waals surface area (Å²) in [4.78, 5) is 11.1. The Morgan fingerprint density at radius 1 is 1.14 bits per heavy atom. The van der Waals surface area contributed by atoms with Crippen molar-refractivity contribution in [3.63, 3.8) is 0 Å². The Kier molecular flexibility index (Phi) is 4.82. The lowest BCUT2D eigenvalue weighted by Crippen LogP contribution is -2.06. The molecular formula is C17H18O4. The second-order valence-electron chi connectivity index (χ2n) is 4.75. The number of carbonyl (C=O) groups is 1. The highest BCUT2D eigenvalue weighted by atomic mass is 16.5. The van der Waals surface area contributed by atoms with Gasteiger partial charge in [-0.05, 0) is 42.3 Å². The molecule has 0 aliphatic carbocycles. The minimum Gasteiger partial charge on any atom is -0.497 e. The van der Waals surface area contributed by atoms with Gasteiger partial charge in [0.05, 0.1) is 13.7 Å². The molecule has 0 aliphatic rings. The number of benzene rings is 2. The molecule has 0 saturated carbocycles. The van der Waals surface area contributed by atoms with E-state index in [1.54, 1.807) is 25.3 Å². The van der Waals surface area contributed by atoms with E-state index in [4.69, 9.17) is 14.6 Å². The third-order valence-electron chi connectivity index (χ3n) is 3.17. The lowest BCUT2D eigenvalue weighted by molar-refractivity contribution is 0.0692. The first-order chi connectivity index (χ1) is 10.1. The summed E-state index contributed by atoms with van der Waals surface area (Å²) in [6.45, 7) is 2.33. The summed E-state index contributed by atoms with van der Waals surface area (Å²) in [5.41, 5.74) is 2.27. The molecule has 110 valence electrons. The van der Waals surface area contributed by atoms with Crippen LogP contribution in [0.1, 0.15) is 21.5 Å². The highest BCUT2D eigenvalue weighted by Gasteiger charge is 2.11. The maximum absolute atomic E-state index is 11.1. The van der Waals surface area contributed by atoms with Crippen molar-refractivity contribution in [2.24, 2.45) is 0 Å². The van der Waals surface area contributed by atoms with Gasteiger partial charge >= 0.3 is 5.97 Å². The zero-order valence-electron chi connectivity index (χ0n) is 12.1. The van der Waals surface area contributed by atoms with E-state index < -0.39 is 5.97 Å². The number of aromatic carboxylic acids is 1. The first-order valence-electron chi connectivity index (χ1n) is 6.70. The number of aryl methyl sites for hydroxylation is 1. The van der Waals surface area contributed by atoms with Crippen LogP contribution in [0.25, 0.3) is 0 Å². The molecule has 0 saturated heterocycles. The SMILES string of the molecule is COc1ccc(CCOc2cc(C)ccc2C(=O)O)cc1. The van der Waals surface area contributed by atoms with Gasteiger partial charge in [-0.3, -0.25) is 0 Å². The summed E-state index contributed by atoms with van der Waals surface area (Å²) in [6.07, 6.45) is 0.705. The monoisotopic (exact) mass is 286 g/mol. The van der Waals surface area contributed by atoms with E-state index in [2.05, 4.69) is 0 Å². The van der Waals surface area contributed by atoms with Crippen LogP contribution in [0.5, 0.6) is 11.5 Å². The molecule has 0 bridgehead atoms. The van der Waals surface area contributed by atoms with E-state index in [0.29, 0.717) is 18.8 Å². The topological polar surface area (TPSA) is 55.8 Å². The van der Waals surface area contributed by atoms with Gasteiger partial charge in [-0.1, -0.05) is 18.2 Å². The minimum absolute atomic E-state index is 0.190. The van der Waals surface area contributed by atoms with Crippen molar-refractivity contribution in [1.82, 2.24) is 0 Å². The third kappa shape index (κ3) is 3.99. The van der Waals surface area contributed by atoms with Crippen molar-refractivity contribution < 1.29 is 19.4 Å². The molecule has 0 spiro atoms. The van der Waals surface area contributed by atoms with Gasteiger partial charge in [0.1, 0.15) is 17.1 Å². The van der Waals surface area contributed by atoms with Crippen molar-refractivity contribution in [3.05, 3.63) is 59.2 Å². The molecule has 2 rings (SSSR count). The van der Waals surface area contributed by atoms with Gasteiger partial charge in [0.25, 0.3) is 0 Å². The molecule has 0 radical (unpaired) electrons. The Balaban J connectivity index is 1.99. The molecule has 0 heterocycles. The minimum atomic E-state index is -0.977. The quantitative estimate of drug-likeness (QED) is 0.885. The van der Waals surface area contributed by atoms with Crippen LogP contribution in [0.4, 0.5) is 0 Å². The summed E-state index contributed by atoms with van der Waals surface area (Å²) in [5.74, 6) is 0.247. The Morgan fingerprint density at radius 3 is 2.48 bits per heavy atom. The molecule has 0 fully saturated rings. The highest BCUT2D eigenvalue weighted by Crippen LogP contribution is 2.21. The summed E-state index contributed by atoms with van der Waals surface area (Å²) >= 11 is 0. The third-order valence-corrected chi connectivity index (χ3v) is 3.17. The van der Waals surface area contributed by atoms with Gasteiger partial charge in [-0.25, -0.2) is 4.79 Å². The van der Waals surface area contributed by atoms with Crippen LogP contribution in [0.15, 0.2) is 42.5 Å². The molecule has 0 amide bonds. The van der Waals surface area contributed by atoms with Gasteiger partial charge < -0.3 is 14.6 Å². The summed E-state index contributed by atoms with van der Waals surface area (Å²) in [7, 11) is 1.63. The fraction of sp³-hybridized carbons (Fsp3) is 0.235. The number of carboxylic acid groups (broad SMARTS) is 1. The van der Waals surface area contributed by atoms with Crippen molar-refractivity contribution in [2.45, 2.75) is 13.3 Å². The van der Waals surface area contributed by atoms with E-state index in [1.165, 1.54) is 0 Å². The normalized spacial score (nSPS) is 10.2. The summed E-state index contributed by atoms with van der Waals surface area (Å²) in [5, 5.41) is 9.14. The van der Waals surface area contributed by atoms with E-state index in [9.17, 15) is 4.79 Å². The maximum Gasteiger partial charge on any atom is 0.339 e.